The molecule has 220 valence electrons. The van der Waals surface area contributed by atoms with Crippen LogP contribution in [0.4, 0.5) is 18.9 Å². The molecule has 2 aliphatic rings. The monoisotopic (exact) mass is 609 g/mol. The van der Waals surface area contributed by atoms with E-state index in [9.17, 15) is 22.8 Å². The highest BCUT2D eigenvalue weighted by molar-refractivity contribution is 7.09. The van der Waals surface area contributed by atoms with Crippen molar-refractivity contribution in [3.05, 3.63) is 50.6 Å². The molecule has 11 heteroatoms. The Morgan fingerprint density at radius 2 is 1.56 bits per heavy atom. The van der Waals surface area contributed by atoms with Crippen molar-refractivity contribution in [3.8, 4) is 0 Å². The third-order valence-corrected chi connectivity index (χ3v) is 7.73. The molecule has 1 N–H and O–H groups in total. The van der Waals surface area contributed by atoms with Crippen LogP contribution in [0, 0.1) is 5.92 Å². The first-order valence-corrected chi connectivity index (χ1v) is 14.6. The number of amides is 1. The number of piperidine rings is 1. The highest BCUT2D eigenvalue weighted by Crippen LogP contribution is 2.33. The molecule has 5 nitrogen and oxygen atoms in total. The summed E-state index contributed by atoms with van der Waals surface area (Å²) in [5.74, 6) is -0.916. The van der Waals surface area contributed by atoms with Crippen LogP contribution >= 0.6 is 34.5 Å². The summed E-state index contributed by atoms with van der Waals surface area (Å²) >= 11 is 13.1. The molecule has 0 unspecified atom stereocenters. The van der Waals surface area contributed by atoms with Gasteiger partial charge in [-0.3, -0.25) is 4.79 Å². The third kappa shape index (κ3) is 16.9. The summed E-state index contributed by atoms with van der Waals surface area (Å²) in [5, 5.41) is 5.54. The second kappa shape index (κ2) is 18.7. The predicted molar refractivity (Wildman–Crippen MR) is 157 cm³/mol. The molecule has 0 spiro atoms. The summed E-state index contributed by atoms with van der Waals surface area (Å²) in [6.07, 6.45) is 0.974. The highest BCUT2D eigenvalue weighted by atomic mass is 35.5. The number of aryl methyl sites for hydroxylation is 1. The number of Topliss-reactive ketones (excluding diaryl/α,β-unsaturated/α-hetero) is 1. The van der Waals surface area contributed by atoms with Crippen LogP contribution in [0.3, 0.4) is 0 Å². The summed E-state index contributed by atoms with van der Waals surface area (Å²) in [6.45, 7) is 6.85. The zero-order valence-electron chi connectivity index (χ0n) is 23.1. The first kappa shape index (κ1) is 35.4. The Labute approximate surface area is 244 Å². The van der Waals surface area contributed by atoms with Crippen LogP contribution < -0.4 is 5.32 Å². The van der Waals surface area contributed by atoms with Crippen molar-refractivity contribution in [2.75, 3.05) is 45.6 Å². The average molecular weight is 611 g/mol. The van der Waals surface area contributed by atoms with E-state index in [-0.39, 0.29) is 24.5 Å². The van der Waals surface area contributed by atoms with Gasteiger partial charge in [0.15, 0.2) is 0 Å². The van der Waals surface area contributed by atoms with Gasteiger partial charge in [-0.15, -0.1) is 11.3 Å². The van der Waals surface area contributed by atoms with Crippen LogP contribution in [0.15, 0.2) is 35.7 Å². The van der Waals surface area contributed by atoms with E-state index in [4.69, 9.17) is 23.2 Å². The van der Waals surface area contributed by atoms with Gasteiger partial charge in [0.25, 0.3) is 0 Å². The Bertz CT molecular complexity index is 977. The molecule has 0 radical (unpaired) electrons. The summed E-state index contributed by atoms with van der Waals surface area (Å²) in [6, 6.07) is 9.00. The second-order valence-corrected chi connectivity index (χ2v) is 11.6. The second-order valence-electron chi connectivity index (χ2n) is 9.72. The smallest absolute Gasteiger partial charge is 0.326 e. The standard InChI is InChI=1S/C8H7Cl2NO.C8H10OS.C7H12F3N.C5H11N/c1-5(12)11-6-2-3-7(9)8(10)4-6;1-7(9)4-5-8-3-2-6-10-8;1-11-4-2-6(3-5-11)7(8,9)10;1-6-4-2-3-5-6/h2-4H,1H3,(H,11,12);2-3,6H,4-5H2,1H3;6H,2-5H2,1H3;2-5H2,1H3. The molecule has 2 aliphatic heterocycles. The Balaban J connectivity index is 0.000000266. The molecule has 3 heterocycles. The van der Waals surface area contributed by atoms with Crippen LogP contribution in [-0.2, 0) is 16.0 Å². The van der Waals surface area contributed by atoms with Crippen LogP contribution in [0.5, 0.6) is 0 Å². The van der Waals surface area contributed by atoms with Crippen LogP contribution in [0.1, 0.15) is 50.8 Å². The molecular formula is C28H40Cl2F3N3O2S. The topological polar surface area (TPSA) is 52.7 Å². The zero-order chi connectivity index (χ0) is 29.4. The minimum absolute atomic E-state index is 0.131. The Morgan fingerprint density at radius 3 is 1.97 bits per heavy atom. The number of halogens is 5. The number of anilines is 1. The van der Waals surface area contributed by atoms with Crippen molar-refractivity contribution in [2.45, 2.75) is 58.5 Å². The molecule has 1 aromatic carbocycles. The Kier molecular flexibility index (Phi) is 16.9. The van der Waals surface area contributed by atoms with Gasteiger partial charge >= 0.3 is 6.18 Å². The van der Waals surface area contributed by atoms with Gasteiger partial charge in [-0.2, -0.15) is 13.2 Å². The molecule has 1 amide bonds. The first-order valence-electron chi connectivity index (χ1n) is 13.0. The largest absolute Gasteiger partial charge is 0.391 e. The zero-order valence-corrected chi connectivity index (χ0v) is 25.4. The number of hydrogen-bond acceptors (Lipinski definition) is 5. The lowest BCUT2D eigenvalue weighted by Gasteiger charge is -2.30. The van der Waals surface area contributed by atoms with Crippen molar-refractivity contribution < 1.29 is 22.8 Å². The fourth-order valence-corrected chi connectivity index (χ4v) is 4.75. The minimum atomic E-state index is -3.97. The quantitative estimate of drug-likeness (QED) is 0.384. The van der Waals surface area contributed by atoms with Gasteiger partial charge < -0.3 is 19.9 Å². The van der Waals surface area contributed by atoms with Gasteiger partial charge in [0.2, 0.25) is 5.91 Å². The van der Waals surface area contributed by atoms with Gasteiger partial charge in [-0.25, -0.2) is 0 Å². The van der Waals surface area contributed by atoms with E-state index in [1.807, 2.05) is 23.4 Å². The fraction of sp³-hybridized carbons (Fsp3) is 0.571. The molecule has 0 bridgehead atoms. The number of nitrogens with one attached hydrogen (secondary N) is 1. The molecular weight excluding hydrogens is 570 g/mol. The molecule has 2 saturated heterocycles. The normalized spacial score (nSPS) is 16.1. The summed E-state index contributed by atoms with van der Waals surface area (Å²) in [4.78, 5) is 26.8. The number of carbonyl (C=O) groups is 2. The predicted octanol–water partition coefficient (Wildman–Crippen LogP) is 7.82. The first-order chi connectivity index (χ1) is 18.3. The minimum Gasteiger partial charge on any atom is -0.326 e. The summed E-state index contributed by atoms with van der Waals surface area (Å²) < 4.78 is 36.1. The number of benzene rings is 1. The van der Waals surface area contributed by atoms with E-state index >= 15 is 0 Å². The van der Waals surface area contributed by atoms with Crippen LogP contribution in [0.2, 0.25) is 10.0 Å². The number of thiophene rings is 1. The molecule has 2 fully saturated rings. The van der Waals surface area contributed by atoms with E-state index in [1.54, 1.807) is 36.5 Å². The van der Waals surface area contributed by atoms with Crippen LogP contribution in [-0.4, -0.2) is 67.9 Å². The van der Waals surface area contributed by atoms with Gasteiger partial charge in [0, 0.05) is 23.9 Å². The SMILES string of the molecule is CC(=O)CCc1cccs1.CC(=O)Nc1ccc(Cl)c(Cl)c1.CN1CCC(C(F)(F)F)CC1.CN1CCCC1. The Morgan fingerprint density at radius 1 is 0.974 bits per heavy atom. The van der Waals surface area contributed by atoms with Gasteiger partial charge in [-0.05, 0) is 109 Å². The fourth-order valence-electron chi connectivity index (χ4n) is 3.74. The van der Waals surface area contributed by atoms with Crippen molar-refractivity contribution in [3.63, 3.8) is 0 Å². The van der Waals surface area contributed by atoms with Crippen molar-refractivity contribution in [2.24, 2.45) is 5.92 Å². The summed E-state index contributed by atoms with van der Waals surface area (Å²) in [5.41, 5.74) is 0.650. The molecule has 0 atom stereocenters. The Hall–Kier alpha value is -1.65. The van der Waals surface area contributed by atoms with Gasteiger partial charge in [0.05, 0.1) is 16.0 Å². The number of likely N-dealkylation sites (tertiary alicyclic amines) is 2. The number of nitrogens with zero attached hydrogens (tertiary/aromatic N) is 2. The number of hydrogen-bond donors (Lipinski definition) is 1. The molecule has 39 heavy (non-hydrogen) atoms. The lowest BCUT2D eigenvalue weighted by atomic mass is 9.97. The highest BCUT2D eigenvalue weighted by Gasteiger charge is 2.40. The number of rotatable bonds is 4. The maximum atomic E-state index is 12.0. The van der Waals surface area contributed by atoms with E-state index in [2.05, 4.69) is 23.3 Å². The average Bonchev–Trinajstić information content (AvgIpc) is 3.55. The van der Waals surface area contributed by atoms with Crippen LogP contribution in [0.25, 0.3) is 0 Å². The third-order valence-electron chi connectivity index (χ3n) is 6.05. The molecule has 0 aliphatic carbocycles. The van der Waals surface area contributed by atoms with E-state index in [0.717, 1.165) is 6.42 Å². The lowest BCUT2D eigenvalue weighted by molar-refractivity contribution is -0.184. The van der Waals surface area contributed by atoms with Crippen molar-refractivity contribution in [1.82, 2.24) is 9.80 Å². The number of ketones is 1. The maximum absolute atomic E-state index is 12.0. The van der Waals surface area contributed by atoms with E-state index in [0.29, 0.717) is 35.2 Å². The molecule has 0 saturated carbocycles. The van der Waals surface area contributed by atoms with Gasteiger partial charge in [0.1, 0.15) is 5.78 Å². The van der Waals surface area contributed by atoms with E-state index < -0.39 is 12.1 Å². The summed E-state index contributed by atoms with van der Waals surface area (Å²) in [7, 11) is 4.03. The number of carbonyl (C=O) groups excluding carboxylic acids is 2. The molecule has 1 aromatic heterocycles. The van der Waals surface area contributed by atoms with E-state index in [1.165, 1.54) is 37.7 Å². The van der Waals surface area contributed by atoms with Crippen molar-refractivity contribution >= 4 is 51.9 Å². The van der Waals surface area contributed by atoms with Gasteiger partial charge in [-0.1, -0.05) is 29.3 Å². The van der Waals surface area contributed by atoms with Crippen molar-refractivity contribution in [1.29, 1.82) is 0 Å². The molecule has 4 rings (SSSR count). The molecule has 2 aromatic rings. The lowest BCUT2D eigenvalue weighted by Crippen LogP contribution is -2.36. The number of alkyl halides is 3. The maximum Gasteiger partial charge on any atom is 0.391 e.